The van der Waals surface area contributed by atoms with Gasteiger partial charge in [-0.2, -0.15) is 0 Å². The molecule has 1 aliphatic heterocycles. The minimum atomic E-state index is -0.935. The van der Waals surface area contributed by atoms with Crippen LogP contribution in [-0.2, 0) is 14.3 Å². The molecule has 0 saturated carbocycles. The summed E-state index contributed by atoms with van der Waals surface area (Å²) in [7, 11) is 0. The van der Waals surface area contributed by atoms with E-state index in [4.69, 9.17) is 4.74 Å². The number of ether oxygens (including phenoxy) is 1. The number of rotatable bonds is 5. The highest BCUT2D eigenvalue weighted by Gasteiger charge is 2.31. The lowest BCUT2D eigenvalue weighted by molar-refractivity contribution is -0.147. The quantitative estimate of drug-likeness (QED) is 0.508. The molecule has 28 heavy (non-hydrogen) atoms. The number of para-hydroxylation sites is 2. The van der Waals surface area contributed by atoms with E-state index in [1.54, 1.807) is 13.1 Å². The summed E-state index contributed by atoms with van der Waals surface area (Å²) in [5.74, 6) is -1.10. The van der Waals surface area contributed by atoms with Gasteiger partial charge in [0.2, 0.25) is 11.7 Å². The summed E-state index contributed by atoms with van der Waals surface area (Å²) in [5.41, 5.74) is 2.07. The minimum Gasteiger partial charge on any atom is -0.454 e. The Morgan fingerprint density at radius 3 is 2.75 bits per heavy atom. The van der Waals surface area contributed by atoms with Gasteiger partial charge in [0.15, 0.2) is 6.10 Å². The van der Waals surface area contributed by atoms with Crippen molar-refractivity contribution >= 4 is 46.0 Å². The Kier molecular flexibility index (Phi) is 4.92. The second-order valence-corrected chi connectivity index (χ2v) is 7.78. The topological polar surface area (TPSA) is 88.3 Å². The van der Waals surface area contributed by atoms with E-state index in [0.29, 0.717) is 5.56 Å². The standard InChI is InChI=1S/C21H18N2O4S/c1-12(20(25)14-11-22-15-7-3-2-6-13(14)15)27-19(24)10-18-21(26)23-16-8-4-5-9-17(16)28-18/h2-9,11-12,18,22H,10H2,1H3,(H,23,26)/t12-,18+/m1/s1. The summed E-state index contributed by atoms with van der Waals surface area (Å²) >= 11 is 1.33. The smallest absolute Gasteiger partial charge is 0.308 e. The van der Waals surface area contributed by atoms with E-state index >= 15 is 0 Å². The first kappa shape index (κ1) is 18.3. The van der Waals surface area contributed by atoms with E-state index < -0.39 is 17.3 Å². The molecule has 3 aromatic rings. The van der Waals surface area contributed by atoms with Crippen LogP contribution in [0.15, 0.2) is 59.6 Å². The first-order valence-electron chi connectivity index (χ1n) is 8.89. The Bertz CT molecular complexity index is 1070. The Morgan fingerprint density at radius 1 is 1.14 bits per heavy atom. The third kappa shape index (κ3) is 3.53. The number of H-pyrrole nitrogens is 1. The third-order valence-electron chi connectivity index (χ3n) is 4.59. The molecule has 2 N–H and O–H groups in total. The first-order chi connectivity index (χ1) is 13.5. The summed E-state index contributed by atoms with van der Waals surface area (Å²) in [6.45, 7) is 1.55. The highest BCUT2D eigenvalue weighted by atomic mass is 32.2. The SMILES string of the molecule is C[C@@H](OC(=O)C[C@@H]1Sc2ccccc2NC1=O)C(=O)c1c[nH]c2ccccc12. The van der Waals surface area contributed by atoms with Crippen LogP contribution in [0.4, 0.5) is 5.69 Å². The first-order valence-corrected chi connectivity index (χ1v) is 9.77. The van der Waals surface area contributed by atoms with Gasteiger partial charge < -0.3 is 15.0 Å². The average molecular weight is 394 g/mol. The van der Waals surface area contributed by atoms with Crippen LogP contribution in [0, 0.1) is 0 Å². The normalized spacial score (nSPS) is 16.9. The predicted octanol–water partition coefficient (Wildman–Crippen LogP) is 3.79. The van der Waals surface area contributed by atoms with Crippen molar-refractivity contribution in [1.82, 2.24) is 4.98 Å². The molecule has 0 spiro atoms. The highest BCUT2D eigenvalue weighted by Crippen LogP contribution is 2.36. The molecule has 2 atom stereocenters. The lowest BCUT2D eigenvalue weighted by atomic mass is 10.1. The molecule has 0 saturated heterocycles. The Balaban J connectivity index is 1.41. The van der Waals surface area contributed by atoms with Gasteiger partial charge in [0.25, 0.3) is 0 Å². The number of hydrogen-bond donors (Lipinski definition) is 2. The second-order valence-electron chi connectivity index (χ2n) is 6.54. The summed E-state index contributed by atoms with van der Waals surface area (Å²) < 4.78 is 5.33. The Labute approximate surface area is 165 Å². The van der Waals surface area contributed by atoms with Gasteiger partial charge in [-0.1, -0.05) is 30.3 Å². The van der Waals surface area contributed by atoms with Crippen molar-refractivity contribution in [1.29, 1.82) is 0 Å². The molecule has 1 aliphatic rings. The molecule has 4 rings (SSSR count). The number of hydrogen-bond acceptors (Lipinski definition) is 5. The Hall–Kier alpha value is -3.06. The maximum atomic E-state index is 12.7. The van der Waals surface area contributed by atoms with Crippen molar-refractivity contribution in [2.45, 2.75) is 29.6 Å². The lowest BCUT2D eigenvalue weighted by Gasteiger charge is -2.23. The summed E-state index contributed by atoms with van der Waals surface area (Å²) in [5, 5.41) is 3.00. The van der Waals surface area contributed by atoms with Crippen LogP contribution in [0.1, 0.15) is 23.7 Å². The predicted molar refractivity (Wildman–Crippen MR) is 108 cm³/mol. The summed E-state index contributed by atoms with van der Waals surface area (Å²) in [6, 6.07) is 14.9. The largest absolute Gasteiger partial charge is 0.454 e. The number of Topliss-reactive ketones (excluding diaryl/α,β-unsaturated/α-hetero) is 1. The van der Waals surface area contributed by atoms with Crippen molar-refractivity contribution in [2.75, 3.05) is 5.32 Å². The van der Waals surface area contributed by atoms with Crippen LogP contribution in [0.5, 0.6) is 0 Å². The van der Waals surface area contributed by atoms with Crippen molar-refractivity contribution in [3.63, 3.8) is 0 Å². The number of anilines is 1. The number of carbonyl (C=O) groups is 3. The van der Waals surface area contributed by atoms with E-state index in [-0.39, 0.29) is 18.1 Å². The molecular formula is C21H18N2O4S. The number of fused-ring (bicyclic) bond motifs is 2. The van der Waals surface area contributed by atoms with Gasteiger partial charge in [-0.05, 0) is 25.1 Å². The number of esters is 1. The van der Waals surface area contributed by atoms with Crippen LogP contribution < -0.4 is 5.32 Å². The molecule has 0 bridgehead atoms. The number of nitrogens with one attached hydrogen (secondary N) is 2. The van der Waals surface area contributed by atoms with E-state index in [2.05, 4.69) is 10.3 Å². The zero-order chi connectivity index (χ0) is 19.7. The number of aromatic nitrogens is 1. The van der Waals surface area contributed by atoms with Crippen LogP contribution in [-0.4, -0.2) is 34.0 Å². The number of ketones is 1. The molecule has 0 unspecified atom stereocenters. The van der Waals surface area contributed by atoms with Crippen molar-refractivity contribution in [3.05, 3.63) is 60.3 Å². The molecule has 6 nitrogen and oxygen atoms in total. The number of benzene rings is 2. The van der Waals surface area contributed by atoms with E-state index in [1.807, 2.05) is 48.5 Å². The maximum Gasteiger partial charge on any atom is 0.308 e. The van der Waals surface area contributed by atoms with Gasteiger partial charge in [-0.25, -0.2) is 0 Å². The monoisotopic (exact) mass is 394 g/mol. The molecule has 0 radical (unpaired) electrons. The van der Waals surface area contributed by atoms with Gasteiger partial charge in [0.1, 0.15) is 0 Å². The van der Waals surface area contributed by atoms with Crippen LogP contribution in [0.25, 0.3) is 10.9 Å². The summed E-state index contributed by atoms with van der Waals surface area (Å²) in [4.78, 5) is 41.2. The van der Waals surface area contributed by atoms with E-state index in [9.17, 15) is 14.4 Å². The van der Waals surface area contributed by atoms with Crippen molar-refractivity contribution in [3.8, 4) is 0 Å². The molecule has 7 heteroatoms. The molecule has 1 aromatic heterocycles. The zero-order valence-electron chi connectivity index (χ0n) is 15.1. The molecule has 0 aliphatic carbocycles. The number of thioether (sulfide) groups is 1. The van der Waals surface area contributed by atoms with Crippen LogP contribution >= 0.6 is 11.8 Å². The van der Waals surface area contributed by atoms with Crippen molar-refractivity contribution in [2.24, 2.45) is 0 Å². The van der Waals surface area contributed by atoms with Gasteiger partial charge in [-0.3, -0.25) is 14.4 Å². The fraction of sp³-hybridized carbons (Fsp3) is 0.190. The molecule has 2 heterocycles. The van der Waals surface area contributed by atoms with Crippen LogP contribution in [0.2, 0.25) is 0 Å². The molecule has 142 valence electrons. The molecule has 0 fully saturated rings. The van der Waals surface area contributed by atoms with Gasteiger partial charge in [0.05, 0.1) is 17.4 Å². The number of amides is 1. The fourth-order valence-electron chi connectivity index (χ4n) is 3.17. The molecular weight excluding hydrogens is 376 g/mol. The number of aromatic amines is 1. The fourth-order valence-corrected chi connectivity index (χ4v) is 4.27. The highest BCUT2D eigenvalue weighted by molar-refractivity contribution is 8.01. The number of carbonyl (C=O) groups excluding carboxylic acids is 3. The van der Waals surface area contributed by atoms with E-state index in [0.717, 1.165) is 21.5 Å². The van der Waals surface area contributed by atoms with Crippen LogP contribution in [0.3, 0.4) is 0 Å². The lowest BCUT2D eigenvalue weighted by Crippen LogP contribution is -2.33. The average Bonchev–Trinajstić information content (AvgIpc) is 3.12. The zero-order valence-corrected chi connectivity index (χ0v) is 15.9. The molecule has 2 aromatic carbocycles. The van der Waals surface area contributed by atoms with Gasteiger partial charge in [-0.15, -0.1) is 11.8 Å². The van der Waals surface area contributed by atoms with E-state index in [1.165, 1.54) is 11.8 Å². The second kappa shape index (κ2) is 7.52. The molecule has 1 amide bonds. The minimum absolute atomic E-state index is 0.101. The van der Waals surface area contributed by atoms with Gasteiger partial charge in [0, 0.05) is 27.6 Å². The third-order valence-corrected chi connectivity index (χ3v) is 5.87. The summed E-state index contributed by atoms with van der Waals surface area (Å²) in [6.07, 6.45) is 0.588. The maximum absolute atomic E-state index is 12.7. The van der Waals surface area contributed by atoms with Gasteiger partial charge >= 0.3 is 5.97 Å². The van der Waals surface area contributed by atoms with Crippen molar-refractivity contribution < 1.29 is 19.1 Å². The Morgan fingerprint density at radius 2 is 1.89 bits per heavy atom.